The molecule has 0 amide bonds. The van der Waals surface area contributed by atoms with Crippen LogP contribution >= 0.6 is 12.4 Å². The predicted molar refractivity (Wildman–Crippen MR) is 57.3 cm³/mol. The number of aliphatic hydroxyl groups excluding tert-OH is 1. The van der Waals surface area contributed by atoms with Crippen molar-refractivity contribution in [2.24, 2.45) is 5.73 Å². The van der Waals surface area contributed by atoms with Crippen LogP contribution in [0.3, 0.4) is 0 Å². The Kier molecular flexibility index (Phi) is 5.52. The van der Waals surface area contributed by atoms with Crippen LogP contribution in [0.1, 0.15) is 17.2 Å². The van der Waals surface area contributed by atoms with Gasteiger partial charge in [-0.05, 0) is 12.5 Å². The number of halogens is 6. The zero-order valence-corrected chi connectivity index (χ0v) is 9.95. The first-order chi connectivity index (χ1) is 7.66. The molecule has 3 N–H and O–H groups in total. The lowest BCUT2D eigenvalue weighted by Crippen LogP contribution is -2.39. The quantitative estimate of drug-likeness (QED) is 0.823. The second-order valence-electron chi connectivity index (χ2n) is 3.61. The van der Waals surface area contributed by atoms with Gasteiger partial charge in [0.25, 0.3) is 0 Å². The molecule has 0 saturated carbocycles. The number of aryl methyl sites for hydroxylation is 1. The van der Waals surface area contributed by atoms with E-state index in [2.05, 4.69) is 0 Å². The highest BCUT2D eigenvalue weighted by atomic mass is 35.5. The van der Waals surface area contributed by atoms with Crippen molar-refractivity contribution < 1.29 is 27.1 Å². The van der Waals surface area contributed by atoms with E-state index < -0.39 is 35.5 Å². The highest BCUT2D eigenvalue weighted by Crippen LogP contribution is 2.30. The molecule has 0 aliphatic heterocycles. The van der Waals surface area contributed by atoms with Crippen molar-refractivity contribution in [2.75, 3.05) is 0 Å². The average molecular weight is 292 g/mol. The maximum atomic E-state index is 13.3. The summed E-state index contributed by atoms with van der Waals surface area (Å²) in [5.74, 6) is -2.74. The third-order valence-corrected chi connectivity index (χ3v) is 2.34. The van der Waals surface area contributed by atoms with Gasteiger partial charge in [-0.2, -0.15) is 13.2 Å². The van der Waals surface area contributed by atoms with Crippen molar-refractivity contribution in [1.82, 2.24) is 0 Å². The van der Waals surface area contributed by atoms with Crippen molar-refractivity contribution in [3.63, 3.8) is 0 Å². The minimum absolute atomic E-state index is 0. The fourth-order valence-corrected chi connectivity index (χ4v) is 1.29. The highest BCUT2D eigenvalue weighted by molar-refractivity contribution is 5.85. The monoisotopic (exact) mass is 291 g/mol. The minimum atomic E-state index is -4.99. The Balaban J connectivity index is 0.00000289. The van der Waals surface area contributed by atoms with Crippen LogP contribution in [-0.4, -0.2) is 17.4 Å². The molecule has 0 radical (unpaired) electrons. The summed E-state index contributed by atoms with van der Waals surface area (Å²) in [7, 11) is 0. The number of benzene rings is 1. The maximum Gasteiger partial charge on any atom is 0.416 e. The second-order valence-corrected chi connectivity index (χ2v) is 3.61. The number of hydrogen-bond acceptors (Lipinski definition) is 2. The number of nitrogens with two attached hydrogens (primary N) is 1. The van der Waals surface area contributed by atoms with Crippen LogP contribution in [0.25, 0.3) is 0 Å². The molecule has 0 aromatic heterocycles. The van der Waals surface area contributed by atoms with Crippen molar-refractivity contribution >= 4 is 12.4 Å². The van der Waals surface area contributed by atoms with Gasteiger partial charge in [0.2, 0.25) is 0 Å². The van der Waals surface area contributed by atoms with Crippen LogP contribution < -0.4 is 5.73 Å². The van der Waals surface area contributed by atoms with Crippen LogP contribution in [0.2, 0.25) is 0 Å². The van der Waals surface area contributed by atoms with Gasteiger partial charge in [-0.25, -0.2) is 8.78 Å². The fourth-order valence-electron chi connectivity index (χ4n) is 1.29. The van der Waals surface area contributed by atoms with E-state index in [1.54, 1.807) is 0 Å². The van der Waals surface area contributed by atoms with E-state index in [1.807, 2.05) is 0 Å². The zero-order valence-electron chi connectivity index (χ0n) is 9.13. The first-order valence-corrected chi connectivity index (χ1v) is 4.61. The van der Waals surface area contributed by atoms with Crippen LogP contribution in [0.15, 0.2) is 12.1 Å². The number of rotatable bonds is 2. The molecule has 1 aromatic carbocycles. The van der Waals surface area contributed by atoms with Gasteiger partial charge in [0, 0.05) is 5.56 Å². The van der Waals surface area contributed by atoms with Gasteiger partial charge in [-0.15, -0.1) is 12.4 Å². The number of aliphatic hydroxyl groups is 1. The summed E-state index contributed by atoms with van der Waals surface area (Å²) in [6, 6.07) is -0.0468. The van der Waals surface area contributed by atoms with E-state index in [0.717, 1.165) is 12.1 Å². The summed E-state index contributed by atoms with van der Waals surface area (Å²) >= 11 is 0. The molecule has 104 valence electrons. The van der Waals surface area contributed by atoms with Crippen LogP contribution in [0.4, 0.5) is 22.0 Å². The molecule has 0 unspecified atom stereocenters. The lowest BCUT2D eigenvalue weighted by Gasteiger charge is -2.22. The molecule has 0 fully saturated rings. The van der Waals surface area contributed by atoms with Gasteiger partial charge in [-0.1, -0.05) is 12.1 Å². The van der Waals surface area contributed by atoms with Crippen LogP contribution in [-0.2, 0) is 0 Å². The van der Waals surface area contributed by atoms with E-state index in [0.29, 0.717) is 0 Å². The Hall–Kier alpha value is -0.920. The van der Waals surface area contributed by atoms with Gasteiger partial charge in [0.15, 0.2) is 17.7 Å². The average Bonchev–Trinajstić information content (AvgIpc) is 2.23. The third-order valence-electron chi connectivity index (χ3n) is 2.34. The van der Waals surface area contributed by atoms with E-state index >= 15 is 0 Å². The molecule has 8 heteroatoms. The van der Waals surface area contributed by atoms with Gasteiger partial charge in [0.1, 0.15) is 0 Å². The molecule has 2 nitrogen and oxygen atoms in total. The summed E-state index contributed by atoms with van der Waals surface area (Å²) in [5.41, 5.74) is 4.30. The Bertz CT molecular complexity index is 423. The molecule has 0 spiro atoms. The Labute approximate surface area is 106 Å². The molecule has 0 aliphatic rings. The molecular formula is C10H11ClF5NO. The van der Waals surface area contributed by atoms with Gasteiger partial charge in [0.05, 0.1) is 6.04 Å². The van der Waals surface area contributed by atoms with Crippen LogP contribution in [0.5, 0.6) is 0 Å². The molecule has 0 aliphatic carbocycles. The fraction of sp³-hybridized carbons (Fsp3) is 0.400. The van der Waals surface area contributed by atoms with E-state index in [4.69, 9.17) is 10.8 Å². The lowest BCUT2D eigenvalue weighted by molar-refractivity contribution is -0.210. The van der Waals surface area contributed by atoms with Crippen molar-refractivity contribution in [2.45, 2.75) is 25.2 Å². The third kappa shape index (κ3) is 3.30. The molecule has 1 aromatic rings. The molecule has 2 atom stereocenters. The normalized spacial score (nSPS) is 14.9. The maximum absolute atomic E-state index is 13.3. The number of hydrogen-bond donors (Lipinski definition) is 2. The van der Waals surface area contributed by atoms with E-state index in [-0.39, 0.29) is 18.0 Å². The summed E-state index contributed by atoms with van der Waals surface area (Å²) in [6.07, 6.45) is -7.94. The Morgan fingerprint density at radius 3 is 2.11 bits per heavy atom. The van der Waals surface area contributed by atoms with Crippen LogP contribution in [0, 0.1) is 18.6 Å². The van der Waals surface area contributed by atoms with E-state index in [1.165, 1.54) is 6.92 Å². The zero-order chi connectivity index (χ0) is 13.4. The first kappa shape index (κ1) is 17.1. The smallest absolute Gasteiger partial charge is 0.382 e. The Morgan fingerprint density at radius 2 is 1.67 bits per heavy atom. The lowest BCUT2D eigenvalue weighted by atomic mass is 9.99. The summed E-state index contributed by atoms with van der Waals surface area (Å²) in [4.78, 5) is 0. The van der Waals surface area contributed by atoms with Crippen molar-refractivity contribution in [1.29, 1.82) is 0 Å². The summed E-state index contributed by atoms with van der Waals surface area (Å²) in [6.45, 7) is 1.26. The van der Waals surface area contributed by atoms with E-state index in [9.17, 15) is 22.0 Å². The molecule has 1 rings (SSSR count). The summed E-state index contributed by atoms with van der Waals surface area (Å²) in [5, 5.41) is 8.85. The molecule has 18 heavy (non-hydrogen) atoms. The predicted octanol–water partition coefficient (Wildman–Crippen LogP) is 2.62. The van der Waals surface area contributed by atoms with Gasteiger partial charge < -0.3 is 10.8 Å². The second kappa shape index (κ2) is 5.81. The highest BCUT2D eigenvalue weighted by Gasteiger charge is 2.43. The van der Waals surface area contributed by atoms with Gasteiger partial charge in [-0.3, -0.25) is 0 Å². The van der Waals surface area contributed by atoms with Crippen molar-refractivity contribution in [3.8, 4) is 0 Å². The largest absolute Gasteiger partial charge is 0.416 e. The van der Waals surface area contributed by atoms with Crippen molar-refractivity contribution in [3.05, 3.63) is 34.9 Å². The number of alkyl halides is 3. The molecular weight excluding hydrogens is 281 g/mol. The first-order valence-electron chi connectivity index (χ1n) is 4.61. The molecule has 0 heterocycles. The standard InChI is InChI=1S/C10H10F5NO.ClH/c1-4-2-3-5(7(12)6(4)11)8(16)9(17)10(13,14)15;/h2-3,8-9,17H,16H2,1H3;1H/t8-,9-;/m0./s1. The topological polar surface area (TPSA) is 46.2 Å². The SMILES string of the molecule is Cc1ccc([C@H](N)[C@H](O)C(F)(F)F)c(F)c1F.Cl. The minimum Gasteiger partial charge on any atom is -0.382 e. The van der Waals surface area contributed by atoms with Gasteiger partial charge >= 0.3 is 6.18 Å². The Morgan fingerprint density at radius 1 is 1.17 bits per heavy atom. The summed E-state index contributed by atoms with van der Waals surface area (Å²) < 4.78 is 62.9. The molecule has 0 bridgehead atoms. The molecule has 0 saturated heterocycles.